The van der Waals surface area contributed by atoms with Gasteiger partial charge in [0.25, 0.3) is 5.91 Å². The molecule has 2 heterocycles. The van der Waals surface area contributed by atoms with Crippen LogP contribution in [-0.4, -0.2) is 17.5 Å². The molecule has 27 heavy (non-hydrogen) atoms. The summed E-state index contributed by atoms with van der Waals surface area (Å²) in [6.45, 7) is 7.95. The monoisotopic (exact) mass is 367 g/mol. The van der Waals surface area contributed by atoms with Crippen molar-refractivity contribution in [3.63, 3.8) is 0 Å². The summed E-state index contributed by atoms with van der Waals surface area (Å²) >= 11 is 0. The molecule has 1 aromatic carbocycles. The molecule has 0 fully saturated rings. The van der Waals surface area contributed by atoms with Crippen LogP contribution in [0.25, 0.3) is 0 Å². The first-order chi connectivity index (χ1) is 12.7. The summed E-state index contributed by atoms with van der Waals surface area (Å²) in [5.41, 5.74) is 1.22. The van der Waals surface area contributed by atoms with Gasteiger partial charge in [-0.05, 0) is 43.4 Å². The number of aryl methyl sites for hydroxylation is 1. The number of esters is 1. The first-order valence-electron chi connectivity index (χ1n) is 9.38. The molecule has 1 amide bonds. The Morgan fingerprint density at radius 1 is 1.19 bits per heavy atom. The molecule has 2 aliphatic rings. The summed E-state index contributed by atoms with van der Waals surface area (Å²) in [5, 5.41) is 3.13. The molecule has 142 valence electrons. The predicted molar refractivity (Wildman–Crippen MR) is 100 cm³/mol. The third-order valence-corrected chi connectivity index (χ3v) is 5.60. The van der Waals surface area contributed by atoms with E-state index in [2.05, 4.69) is 19.2 Å². The summed E-state index contributed by atoms with van der Waals surface area (Å²) in [6.07, 6.45) is 2.03. The summed E-state index contributed by atoms with van der Waals surface area (Å²) in [5.74, 6) is 1.07. The van der Waals surface area contributed by atoms with Crippen molar-refractivity contribution in [3.05, 3.63) is 58.5 Å². The van der Waals surface area contributed by atoms with Crippen molar-refractivity contribution in [3.8, 4) is 0 Å². The number of carbonyl (C=O) groups is 2. The molecule has 0 spiro atoms. The highest BCUT2D eigenvalue weighted by atomic mass is 16.6. The van der Waals surface area contributed by atoms with Crippen molar-refractivity contribution in [2.45, 2.75) is 58.6 Å². The standard InChI is InChI=1S/C22H25NO4/c1-13-9-16-17(11-21(2,3)12-18(16)26-13)23-20(25)22(4)10-14-7-5-6-8-15(14)19(24)27-22/h5-9,17H,10-12H2,1-4H3,(H,23,25). The smallest absolute Gasteiger partial charge is 0.339 e. The predicted octanol–water partition coefficient (Wildman–Crippen LogP) is 3.89. The summed E-state index contributed by atoms with van der Waals surface area (Å²) in [4.78, 5) is 25.5. The van der Waals surface area contributed by atoms with E-state index in [1.165, 1.54) is 0 Å². The highest BCUT2D eigenvalue weighted by Gasteiger charge is 2.45. The Bertz CT molecular complexity index is 926. The maximum atomic E-state index is 13.2. The number of rotatable bonds is 2. The normalized spacial score (nSPS) is 25.9. The zero-order chi connectivity index (χ0) is 19.4. The van der Waals surface area contributed by atoms with E-state index in [0.29, 0.717) is 12.0 Å². The number of carbonyl (C=O) groups excluding carboxylic acids is 2. The van der Waals surface area contributed by atoms with E-state index in [-0.39, 0.29) is 17.4 Å². The lowest BCUT2D eigenvalue weighted by molar-refractivity contribution is -0.141. The van der Waals surface area contributed by atoms with Crippen molar-refractivity contribution in [2.75, 3.05) is 0 Å². The Morgan fingerprint density at radius 2 is 1.93 bits per heavy atom. The summed E-state index contributed by atoms with van der Waals surface area (Å²) in [6, 6.07) is 9.14. The number of ether oxygens (including phenoxy) is 1. The van der Waals surface area contributed by atoms with Crippen LogP contribution in [0, 0.1) is 12.3 Å². The maximum Gasteiger partial charge on any atom is 0.339 e. The molecule has 0 saturated heterocycles. The van der Waals surface area contributed by atoms with E-state index in [1.54, 1.807) is 19.1 Å². The topological polar surface area (TPSA) is 68.5 Å². The second-order valence-electron chi connectivity index (χ2n) is 8.76. The zero-order valence-corrected chi connectivity index (χ0v) is 16.2. The van der Waals surface area contributed by atoms with Gasteiger partial charge in [0.05, 0.1) is 11.6 Å². The van der Waals surface area contributed by atoms with Crippen LogP contribution in [0.1, 0.15) is 66.2 Å². The van der Waals surface area contributed by atoms with E-state index >= 15 is 0 Å². The maximum absolute atomic E-state index is 13.2. The van der Waals surface area contributed by atoms with Crippen molar-refractivity contribution < 1.29 is 18.7 Å². The Labute approximate surface area is 159 Å². The van der Waals surface area contributed by atoms with Crippen LogP contribution in [0.5, 0.6) is 0 Å². The lowest BCUT2D eigenvalue weighted by Gasteiger charge is -2.38. The minimum atomic E-state index is -1.22. The molecule has 2 atom stereocenters. The average Bonchev–Trinajstić information content (AvgIpc) is 2.93. The SMILES string of the molecule is Cc1cc2c(o1)CC(C)(C)CC2NC(=O)C1(C)Cc2ccccc2C(=O)O1. The van der Waals surface area contributed by atoms with E-state index in [4.69, 9.17) is 9.15 Å². The van der Waals surface area contributed by atoms with Gasteiger partial charge in [-0.25, -0.2) is 4.79 Å². The number of furan rings is 1. The molecule has 4 rings (SSSR count). The molecule has 2 unspecified atom stereocenters. The number of hydrogen-bond donors (Lipinski definition) is 1. The Balaban J connectivity index is 1.60. The first kappa shape index (κ1) is 17.8. The van der Waals surface area contributed by atoms with Crippen LogP contribution in [0.2, 0.25) is 0 Å². The number of nitrogens with one attached hydrogen (secondary N) is 1. The molecular formula is C22H25NO4. The molecule has 0 saturated carbocycles. The molecular weight excluding hydrogens is 342 g/mol. The molecule has 5 nitrogen and oxygen atoms in total. The largest absolute Gasteiger partial charge is 0.466 e. The van der Waals surface area contributed by atoms with Crippen LogP contribution in [0.15, 0.2) is 34.7 Å². The Morgan fingerprint density at radius 3 is 2.70 bits per heavy atom. The minimum Gasteiger partial charge on any atom is -0.466 e. The highest BCUT2D eigenvalue weighted by molar-refractivity contribution is 5.97. The van der Waals surface area contributed by atoms with Crippen molar-refractivity contribution >= 4 is 11.9 Å². The average molecular weight is 367 g/mol. The fourth-order valence-electron chi connectivity index (χ4n) is 4.28. The van der Waals surface area contributed by atoms with Gasteiger partial charge in [0.2, 0.25) is 0 Å². The van der Waals surface area contributed by atoms with Crippen LogP contribution < -0.4 is 5.32 Å². The fraction of sp³-hybridized carbons (Fsp3) is 0.455. The second-order valence-corrected chi connectivity index (χ2v) is 8.76. The van der Waals surface area contributed by atoms with Crippen LogP contribution in [-0.2, 0) is 22.4 Å². The first-order valence-corrected chi connectivity index (χ1v) is 9.38. The van der Waals surface area contributed by atoms with Crippen LogP contribution in [0.4, 0.5) is 0 Å². The van der Waals surface area contributed by atoms with Gasteiger partial charge in [0.15, 0.2) is 5.60 Å². The third-order valence-electron chi connectivity index (χ3n) is 5.60. The van der Waals surface area contributed by atoms with Gasteiger partial charge >= 0.3 is 5.97 Å². The van der Waals surface area contributed by atoms with Gasteiger partial charge in [-0.2, -0.15) is 0 Å². The fourth-order valence-corrected chi connectivity index (χ4v) is 4.28. The van der Waals surface area contributed by atoms with Crippen molar-refractivity contribution in [1.82, 2.24) is 5.32 Å². The Kier molecular flexibility index (Phi) is 3.95. The number of amides is 1. The number of hydrogen-bond acceptors (Lipinski definition) is 4. The van der Waals surface area contributed by atoms with E-state index in [9.17, 15) is 9.59 Å². The van der Waals surface area contributed by atoms with Crippen molar-refractivity contribution in [2.24, 2.45) is 5.41 Å². The number of benzene rings is 1. The van der Waals surface area contributed by atoms with Gasteiger partial charge in [-0.15, -0.1) is 0 Å². The quantitative estimate of drug-likeness (QED) is 0.818. The lowest BCUT2D eigenvalue weighted by atomic mass is 9.74. The van der Waals surface area contributed by atoms with Gasteiger partial charge < -0.3 is 14.5 Å². The van der Waals surface area contributed by atoms with Crippen LogP contribution >= 0.6 is 0 Å². The molecule has 0 radical (unpaired) electrons. The highest BCUT2D eigenvalue weighted by Crippen LogP contribution is 2.42. The minimum absolute atomic E-state index is 0.0198. The molecule has 1 aliphatic heterocycles. The number of cyclic esters (lactones) is 1. The van der Waals surface area contributed by atoms with E-state index < -0.39 is 11.6 Å². The lowest BCUT2D eigenvalue weighted by Crippen LogP contribution is -2.53. The van der Waals surface area contributed by atoms with Gasteiger partial charge in [0.1, 0.15) is 11.5 Å². The van der Waals surface area contributed by atoms with Gasteiger partial charge in [0, 0.05) is 18.4 Å². The molecule has 1 N–H and O–H groups in total. The molecule has 2 aromatic rings. The Hall–Kier alpha value is -2.56. The summed E-state index contributed by atoms with van der Waals surface area (Å²) in [7, 11) is 0. The second kappa shape index (κ2) is 5.98. The summed E-state index contributed by atoms with van der Waals surface area (Å²) < 4.78 is 11.4. The van der Waals surface area contributed by atoms with Crippen LogP contribution in [0.3, 0.4) is 0 Å². The number of fused-ring (bicyclic) bond motifs is 2. The van der Waals surface area contributed by atoms with Gasteiger partial charge in [-0.1, -0.05) is 32.0 Å². The molecule has 1 aliphatic carbocycles. The zero-order valence-electron chi connectivity index (χ0n) is 16.2. The van der Waals surface area contributed by atoms with Gasteiger partial charge in [-0.3, -0.25) is 4.79 Å². The molecule has 1 aromatic heterocycles. The third kappa shape index (κ3) is 3.15. The van der Waals surface area contributed by atoms with E-state index in [0.717, 1.165) is 35.5 Å². The molecule has 5 heteroatoms. The van der Waals surface area contributed by atoms with Crippen molar-refractivity contribution in [1.29, 1.82) is 0 Å². The molecule has 0 bridgehead atoms. The van der Waals surface area contributed by atoms with E-state index in [1.807, 2.05) is 25.1 Å².